The van der Waals surface area contributed by atoms with Gasteiger partial charge in [-0.2, -0.15) is 0 Å². The first kappa shape index (κ1) is 16.6. The van der Waals surface area contributed by atoms with Crippen LogP contribution in [0.5, 0.6) is 0 Å². The molecule has 0 aromatic heterocycles. The molecule has 0 spiro atoms. The number of hydrogen-bond acceptors (Lipinski definition) is 3. The molecule has 4 aliphatic carbocycles. The van der Waals surface area contributed by atoms with Crippen molar-refractivity contribution in [3.8, 4) is 0 Å². The van der Waals surface area contributed by atoms with Gasteiger partial charge in [0, 0.05) is 18.8 Å². The Bertz CT molecular complexity index is 555. The highest BCUT2D eigenvalue weighted by molar-refractivity contribution is 5.87. The minimum Gasteiger partial charge on any atom is -0.463 e. The Morgan fingerprint density at radius 2 is 1.83 bits per heavy atom. The van der Waals surface area contributed by atoms with Crippen LogP contribution >= 0.6 is 0 Å². The van der Waals surface area contributed by atoms with E-state index in [1.165, 1.54) is 32.6 Å². The van der Waals surface area contributed by atoms with E-state index in [-0.39, 0.29) is 17.5 Å². The topological polar surface area (TPSA) is 43.4 Å². The molecule has 0 aliphatic heterocycles. The summed E-state index contributed by atoms with van der Waals surface area (Å²) in [6.45, 7) is 6.30. The Morgan fingerprint density at radius 1 is 1.04 bits per heavy atom. The van der Waals surface area contributed by atoms with Crippen LogP contribution < -0.4 is 0 Å². The van der Waals surface area contributed by atoms with Crippen LogP contribution in [-0.4, -0.2) is 17.9 Å². The van der Waals surface area contributed by atoms with Gasteiger partial charge in [0.2, 0.25) is 0 Å². The summed E-state index contributed by atoms with van der Waals surface area (Å²) in [4.78, 5) is 23.8. The molecule has 0 aromatic rings. The van der Waals surface area contributed by atoms with Crippen LogP contribution in [-0.2, 0) is 14.3 Å². The summed E-state index contributed by atoms with van der Waals surface area (Å²) >= 11 is 0. The van der Waals surface area contributed by atoms with Gasteiger partial charge in [-0.05, 0) is 80.5 Å². The SMILES string of the molecule is CC(=O)OC1CC[C@@]2(C)[C@@H](CC[C@@H]3[C@@H]2CC[C@]2(C)C(=O)CC[C@@H]32)C1. The molecule has 7 atom stereocenters. The molecule has 0 saturated heterocycles. The fourth-order valence-corrected chi connectivity index (χ4v) is 7.33. The van der Waals surface area contributed by atoms with Crippen molar-refractivity contribution in [3.05, 3.63) is 0 Å². The third kappa shape index (κ3) is 2.29. The summed E-state index contributed by atoms with van der Waals surface area (Å²) in [5.41, 5.74) is 0.381. The summed E-state index contributed by atoms with van der Waals surface area (Å²) in [7, 11) is 0. The van der Waals surface area contributed by atoms with Crippen LogP contribution in [0.3, 0.4) is 0 Å². The van der Waals surface area contributed by atoms with Gasteiger partial charge in [-0.3, -0.25) is 9.59 Å². The molecule has 4 saturated carbocycles. The zero-order valence-corrected chi connectivity index (χ0v) is 15.5. The summed E-state index contributed by atoms with van der Waals surface area (Å²) in [5, 5.41) is 0. The first-order valence-corrected chi connectivity index (χ1v) is 10.0. The van der Waals surface area contributed by atoms with E-state index in [0.717, 1.165) is 43.9 Å². The first-order valence-electron chi connectivity index (χ1n) is 10.0. The molecule has 0 heterocycles. The molecular weight excluding hydrogens is 300 g/mol. The van der Waals surface area contributed by atoms with Crippen molar-refractivity contribution in [2.24, 2.45) is 34.5 Å². The number of ether oxygens (including phenoxy) is 1. The maximum absolute atomic E-state index is 12.5. The lowest BCUT2D eigenvalue weighted by atomic mass is 9.45. The van der Waals surface area contributed by atoms with Crippen molar-refractivity contribution in [1.82, 2.24) is 0 Å². The molecule has 0 N–H and O–H groups in total. The van der Waals surface area contributed by atoms with Gasteiger partial charge >= 0.3 is 5.97 Å². The highest BCUT2D eigenvalue weighted by Gasteiger charge is 2.60. The number of ketones is 1. The Kier molecular flexibility index (Phi) is 3.85. The fraction of sp³-hybridized carbons (Fsp3) is 0.905. The van der Waals surface area contributed by atoms with E-state index in [0.29, 0.717) is 23.0 Å². The first-order chi connectivity index (χ1) is 11.3. The molecule has 0 radical (unpaired) electrons. The average molecular weight is 332 g/mol. The summed E-state index contributed by atoms with van der Waals surface area (Å²) in [6, 6.07) is 0. The second-order valence-corrected chi connectivity index (χ2v) is 9.58. The molecule has 0 bridgehead atoms. The summed E-state index contributed by atoms with van der Waals surface area (Å²) < 4.78 is 5.54. The quantitative estimate of drug-likeness (QED) is 0.663. The number of rotatable bonds is 1. The number of hydrogen-bond donors (Lipinski definition) is 0. The zero-order valence-electron chi connectivity index (χ0n) is 15.5. The molecule has 3 heteroatoms. The molecule has 4 aliphatic rings. The molecule has 3 nitrogen and oxygen atoms in total. The van der Waals surface area contributed by atoms with Gasteiger partial charge in [0.05, 0.1) is 0 Å². The Morgan fingerprint density at radius 3 is 2.58 bits per heavy atom. The lowest BCUT2D eigenvalue weighted by Crippen LogP contribution is -2.54. The van der Waals surface area contributed by atoms with E-state index >= 15 is 0 Å². The molecule has 134 valence electrons. The number of Topliss-reactive ketones (excluding diaryl/α,β-unsaturated/α-hetero) is 1. The monoisotopic (exact) mass is 332 g/mol. The second-order valence-electron chi connectivity index (χ2n) is 9.58. The Balaban J connectivity index is 1.54. The van der Waals surface area contributed by atoms with E-state index in [2.05, 4.69) is 13.8 Å². The molecule has 24 heavy (non-hydrogen) atoms. The van der Waals surface area contributed by atoms with Crippen molar-refractivity contribution >= 4 is 11.8 Å². The van der Waals surface area contributed by atoms with E-state index in [9.17, 15) is 9.59 Å². The molecule has 1 unspecified atom stereocenters. The number of fused-ring (bicyclic) bond motifs is 5. The molecular formula is C21H32O3. The maximum Gasteiger partial charge on any atom is 0.302 e. The predicted molar refractivity (Wildman–Crippen MR) is 92.3 cm³/mol. The van der Waals surface area contributed by atoms with E-state index in [4.69, 9.17) is 4.74 Å². The van der Waals surface area contributed by atoms with Gasteiger partial charge in [0.15, 0.2) is 0 Å². The number of esters is 1. The largest absolute Gasteiger partial charge is 0.463 e. The van der Waals surface area contributed by atoms with Crippen molar-refractivity contribution in [1.29, 1.82) is 0 Å². The Hall–Kier alpha value is -0.860. The van der Waals surface area contributed by atoms with Gasteiger partial charge < -0.3 is 4.74 Å². The van der Waals surface area contributed by atoms with Gasteiger partial charge in [0.1, 0.15) is 11.9 Å². The predicted octanol–water partition coefficient (Wildman–Crippen LogP) is 4.53. The summed E-state index contributed by atoms with van der Waals surface area (Å²) in [6.07, 6.45) is 10.2. The van der Waals surface area contributed by atoms with Gasteiger partial charge in [0.25, 0.3) is 0 Å². The fourth-order valence-electron chi connectivity index (χ4n) is 7.33. The lowest BCUT2D eigenvalue weighted by Gasteiger charge is -2.60. The van der Waals surface area contributed by atoms with Gasteiger partial charge in [-0.1, -0.05) is 13.8 Å². The maximum atomic E-state index is 12.5. The standard InChI is InChI=1S/C21H32O3/c1-13(22)24-15-8-10-20(2)14(12-15)4-5-16-17-6-7-19(23)21(17,3)11-9-18(16)20/h14-18H,4-12H2,1-3H3/t14-,15?,16-,17-,18-,20-,21-/m0/s1. The summed E-state index contributed by atoms with van der Waals surface area (Å²) in [5.74, 6) is 3.26. The van der Waals surface area contributed by atoms with Crippen molar-refractivity contribution in [3.63, 3.8) is 0 Å². The van der Waals surface area contributed by atoms with Crippen LogP contribution in [0.25, 0.3) is 0 Å². The van der Waals surface area contributed by atoms with E-state index in [1.807, 2.05) is 0 Å². The minimum atomic E-state index is -0.129. The number of carbonyl (C=O) groups excluding carboxylic acids is 2. The van der Waals surface area contributed by atoms with E-state index in [1.54, 1.807) is 0 Å². The smallest absolute Gasteiger partial charge is 0.302 e. The van der Waals surface area contributed by atoms with Gasteiger partial charge in [-0.15, -0.1) is 0 Å². The van der Waals surface area contributed by atoms with Crippen molar-refractivity contribution < 1.29 is 14.3 Å². The zero-order chi connectivity index (χ0) is 17.1. The molecule has 4 rings (SSSR count). The van der Waals surface area contributed by atoms with Crippen LogP contribution in [0.1, 0.15) is 78.6 Å². The van der Waals surface area contributed by atoms with Crippen molar-refractivity contribution in [2.45, 2.75) is 84.7 Å². The molecule has 0 aromatic carbocycles. The van der Waals surface area contributed by atoms with Crippen molar-refractivity contribution in [2.75, 3.05) is 0 Å². The molecule has 0 amide bonds. The van der Waals surface area contributed by atoms with Crippen LogP contribution in [0.2, 0.25) is 0 Å². The third-order valence-corrected chi connectivity index (χ3v) is 8.66. The van der Waals surface area contributed by atoms with Gasteiger partial charge in [-0.25, -0.2) is 0 Å². The lowest BCUT2D eigenvalue weighted by molar-refractivity contribution is -0.160. The molecule has 4 fully saturated rings. The van der Waals surface area contributed by atoms with E-state index < -0.39 is 0 Å². The number of carbonyl (C=O) groups is 2. The third-order valence-electron chi connectivity index (χ3n) is 8.66. The van der Waals surface area contributed by atoms with Crippen LogP contribution in [0.15, 0.2) is 0 Å². The Labute approximate surface area is 145 Å². The minimum absolute atomic E-state index is 0.0146. The van der Waals surface area contributed by atoms with Crippen LogP contribution in [0, 0.1) is 34.5 Å². The normalized spacial score (nSPS) is 50.6. The second kappa shape index (κ2) is 5.57. The average Bonchev–Trinajstić information content (AvgIpc) is 2.83. The highest BCUT2D eigenvalue weighted by Crippen LogP contribution is 2.65. The highest BCUT2D eigenvalue weighted by atomic mass is 16.5. The van der Waals surface area contributed by atoms with Crippen LogP contribution in [0.4, 0.5) is 0 Å².